The monoisotopic (exact) mass is 479 g/mol. The van der Waals surface area contributed by atoms with Gasteiger partial charge in [0.25, 0.3) is 5.91 Å². The number of nitrogens with one attached hydrogen (secondary N) is 2. The van der Waals surface area contributed by atoms with Crippen molar-refractivity contribution in [2.75, 3.05) is 50.1 Å². The molecule has 0 atom stereocenters. The molecule has 0 aromatic carbocycles. The second kappa shape index (κ2) is 10.8. The summed E-state index contributed by atoms with van der Waals surface area (Å²) in [5.74, 6) is 1.71. The Balaban J connectivity index is 1.72. The summed E-state index contributed by atoms with van der Waals surface area (Å²) in [6.07, 6.45) is 3.04. The Kier molecular flexibility index (Phi) is 8.16. The van der Waals surface area contributed by atoms with Crippen LogP contribution in [0.4, 0.5) is 21.2 Å². The van der Waals surface area contributed by atoms with Crippen molar-refractivity contribution in [2.24, 2.45) is 0 Å². The largest absolute Gasteiger partial charge is 0.354 e. The third kappa shape index (κ3) is 6.02. The molecule has 32 heavy (non-hydrogen) atoms. The summed E-state index contributed by atoms with van der Waals surface area (Å²) in [6, 6.07) is 1.89. The predicted molar refractivity (Wildman–Crippen MR) is 128 cm³/mol. The van der Waals surface area contributed by atoms with E-state index < -0.39 is 12.6 Å². The van der Waals surface area contributed by atoms with Crippen LogP contribution in [0.15, 0.2) is 34.6 Å². The summed E-state index contributed by atoms with van der Waals surface area (Å²) in [7, 11) is 2.11. The highest BCUT2D eigenvalue weighted by atomic mass is 35.5. The number of likely N-dealkylation sites (N-methyl/N-ethyl adjacent to an activating group) is 1. The maximum atomic E-state index is 13.2. The predicted octanol–water partition coefficient (Wildman–Crippen LogP) is 3.85. The van der Waals surface area contributed by atoms with Gasteiger partial charge in [-0.3, -0.25) is 4.79 Å². The molecule has 1 aliphatic rings. The van der Waals surface area contributed by atoms with E-state index in [9.17, 15) is 9.18 Å². The van der Waals surface area contributed by atoms with Crippen molar-refractivity contribution in [3.8, 4) is 0 Å². The van der Waals surface area contributed by atoms with Crippen molar-refractivity contribution in [1.82, 2.24) is 25.2 Å². The van der Waals surface area contributed by atoms with Crippen LogP contribution in [0.2, 0.25) is 0 Å². The van der Waals surface area contributed by atoms with Gasteiger partial charge in [0.15, 0.2) is 5.13 Å². The second-order valence-corrected chi connectivity index (χ2v) is 9.01. The first-order valence-corrected chi connectivity index (χ1v) is 11.4. The fourth-order valence-electron chi connectivity index (χ4n) is 3.21. The smallest absolute Gasteiger partial charge is 0.267 e. The minimum Gasteiger partial charge on any atom is -0.354 e. The van der Waals surface area contributed by atoms with Crippen LogP contribution in [0.1, 0.15) is 29.3 Å². The summed E-state index contributed by atoms with van der Waals surface area (Å²) < 4.78 is 13.2. The highest BCUT2D eigenvalue weighted by molar-refractivity contribution is 7.17. The van der Waals surface area contributed by atoms with Crippen LogP contribution in [0.25, 0.3) is 0 Å². The van der Waals surface area contributed by atoms with Gasteiger partial charge >= 0.3 is 0 Å². The number of nitrogens with zero attached hydrogens (tertiary/aromatic N) is 5. The van der Waals surface area contributed by atoms with Crippen molar-refractivity contribution in [1.29, 1.82) is 0 Å². The molecule has 0 unspecified atom stereocenters. The minimum absolute atomic E-state index is 0.271. The van der Waals surface area contributed by atoms with Gasteiger partial charge < -0.3 is 20.4 Å². The average molecular weight is 480 g/mol. The van der Waals surface area contributed by atoms with Crippen molar-refractivity contribution in [2.45, 2.75) is 20.8 Å². The second-order valence-electron chi connectivity index (χ2n) is 7.41. The quantitative estimate of drug-likeness (QED) is 0.583. The number of anilines is 3. The summed E-state index contributed by atoms with van der Waals surface area (Å²) in [5, 5.41) is 6.66. The fourth-order valence-corrected chi connectivity index (χ4v) is 4.10. The molecule has 0 spiro atoms. The van der Waals surface area contributed by atoms with Crippen molar-refractivity contribution in [3.05, 3.63) is 45.3 Å². The Bertz CT molecular complexity index is 1030. The van der Waals surface area contributed by atoms with Crippen LogP contribution in [0.5, 0.6) is 0 Å². The first-order chi connectivity index (χ1) is 15.3. The maximum absolute atomic E-state index is 13.2. The lowest BCUT2D eigenvalue weighted by Gasteiger charge is -2.33. The Morgan fingerprint density at radius 3 is 2.66 bits per heavy atom. The molecule has 11 heteroatoms. The molecule has 0 aliphatic carbocycles. The van der Waals surface area contributed by atoms with E-state index >= 15 is 0 Å². The SMILES string of the molecule is C/C=C(CF)\C(NC(=O)c1cnc(Nc2cc(N3CCN(C)CC3)nc(C)n2)s1)=C(/C)Cl. The average Bonchev–Trinajstić information content (AvgIpc) is 3.22. The minimum atomic E-state index is -0.728. The Morgan fingerprint density at radius 1 is 1.31 bits per heavy atom. The van der Waals surface area contributed by atoms with Crippen LogP contribution in [0, 0.1) is 6.92 Å². The van der Waals surface area contributed by atoms with E-state index in [0.29, 0.717) is 32.3 Å². The van der Waals surface area contributed by atoms with Gasteiger partial charge in [0, 0.05) is 42.9 Å². The summed E-state index contributed by atoms with van der Waals surface area (Å²) in [4.78, 5) is 30.8. The van der Waals surface area contributed by atoms with Gasteiger partial charge in [-0.05, 0) is 27.8 Å². The number of allylic oxidation sites excluding steroid dienone is 3. The number of alkyl halides is 1. The molecule has 0 radical (unpaired) electrons. The molecule has 2 N–H and O–H groups in total. The molecule has 172 valence electrons. The molecule has 1 amide bonds. The Labute approximate surface area is 196 Å². The normalized spacial score (nSPS) is 16.1. The lowest BCUT2D eigenvalue weighted by molar-refractivity contribution is 0.0970. The number of piperazine rings is 1. The highest BCUT2D eigenvalue weighted by Crippen LogP contribution is 2.25. The van der Waals surface area contributed by atoms with E-state index in [4.69, 9.17) is 11.6 Å². The van der Waals surface area contributed by atoms with Crippen LogP contribution >= 0.6 is 22.9 Å². The molecule has 1 saturated heterocycles. The standard InChI is InChI=1S/C21H27ClFN7OS/c1-5-15(11-23)19(13(2)22)28-20(31)16-12-24-21(32-16)27-17-10-18(26-14(3)25-17)30-8-6-29(4)7-9-30/h5,10,12H,6-9,11H2,1-4H3,(H,28,31)(H,24,25,26,27)/b15-5-,19-13-. The molecule has 3 rings (SSSR count). The van der Waals surface area contributed by atoms with E-state index in [0.717, 1.165) is 32.0 Å². The first kappa shape index (κ1) is 24.1. The molecular formula is C21H27ClFN7OS. The van der Waals surface area contributed by atoms with Gasteiger partial charge in [0.2, 0.25) is 0 Å². The number of amides is 1. The molecule has 2 aromatic rings. The maximum Gasteiger partial charge on any atom is 0.267 e. The fraction of sp³-hybridized carbons (Fsp3) is 0.429. The van der Waals surface area contributed by atoms with Crippen LogP contribution in [-0.4, -0.2) is 65.7 Å². The number of hydrogen-bond donors (Lipinski definition) is 2. The molecule has 0 bridgehead atoms. The van der Waals surface area contributed by atoms with Gasteiger partial charge in [-0.25, -0.2) is 19.3 Å². The van der Waals surface area contributed by atoms with Gasteiger partial charge in [0.1, 0.15) is 29.0 Å². The van der Waals surface area contributed by atoms with Crippen LogP contribution in [-0.2, 0) is 0 Å². The number of aromatic nitrogens is 3. The number of rotatable bonds is 7. The van der Waals surface area contributed by atoms with Gasteiger partial charge in [-0.1, -0.05) is 29.0 Å². The number of hydrogen-bond acceptors (Lipinski definition) is 8. The molecule has 2 aromatic heterocycles. The number of carbonyl (C=O) groups excluding carboxylic acids is 1. The van der Waals surface area contributed by atoms with E-state index in [1.807, 2.05) is 13.0 Å². The Morgan fingerprint density at radius 2 is 2.03 bits per heavy atom. The summed E-state index contributed by atoms with van der Waals surface area (Å²) >= 11 is 7.22. The molecule has 1 aliphatic heterocycles. The molecule has 1 fully saturated rings. The lowest BCUT2D eigenvalue weighted by atomic mass is 10.2. The van der Waals surface area contributed by atoms with Crippen molar-refractivity contribution in [3.63, 3.8) is 0 Å². The molecular weight excluding hydrogens is 453 g/mol. The highest BCUT2D eigenvalue weighted by Gasteiger charge is 2.18. The number of carbonyl (C=O) groups is 1. The number of thiazole rings is 1. The van der Waals surface area contributed by atoms with Crippen molar-refractivity contribution < 1.29 is 9.18 Å². The van der Waals surface area contributed by atoms with E-state index in [2.05, 4.69) is 42.4 Å². The third-order valence-electron chi connectivity index (χ3n) is 5.01. The topological polar surface area (TPSA) is 86.3 Å². The Hall–Kier alpha value is -2.56. The zero-order valence-corrected chi connectivity index (χ0v) is 20.1. The number of halogens is 2. The van der Waals surface area contributed by atoms with Crippen LogP contribution in [0.3, 0.4) is 0 Å². The molecule has 8 nitrogen and oxygen atoms in total. The lowest BCUT2D eigenvalue weighted by Crippen LogP contribution is -2.44. The molecule has 3 heterocycles. The van der Waals surface area contributed by atoms with E-state index in [1.54, 1.807) is 19.9 Å². The van der Waals surface area contributed by atoms with Gasteiger partial charge in [-0.15, -0.1) is 0 Å². The molecule has 0 saturated carbocycles. The van der Waals surface area contributed by atoms with E-state index in [-0.39, 0.29) is 5.70 Å². The van der Waals surface area contributed by atoms with Gasteiger partial charge in [0.05, 0.1) is 11.9 Å². The summed E-state index contributed by atoms with van der Waals surface area (Å²) in [5.41, 5.74) is 0.592. The zero-order chi connectivity index (χ0) is 23.3. The third-order valence-corrected chi connectivity index (χ3v) is 6.11. The van der Waals surface area contributed by atoms with Crippen LogP contribution < -0.4 is 15.5 Å². The van der Waals surface area contributed by atoms with Crippen molar-refractivity contribution >= 4 is 45.6 Å². The first-order valence-electron chi connectivity index (χ1n) is 10.2. The van der Waals surface area contributed by atoms with E-state index in [1.165, 1.54) is 17.5 Å². The number of aryl methyl sites for hydroxylation is 1. The zero-order valence-electron chi connectivity index (χ0n) is 18.6. The summed E-state index contributed by atoms with van der Waals surface area (Å²) in [6.45, 7) is 8.17. The van der Waals surface area contributed by atoms with Gasteiger partial charge in [-0.2, -0.15) is 0 Å².